The van der Waals surface area contributed by atoms with Crippen LogP contribution in [0.25, 0.3) is 11.0 Å². The number of nitrogens with one attached hydrogen (secondary N) is 1. The first-order chi connectivity index (χ1) is 8.25. The van der Waals surface area contributed by atoms with Gasteiger partial charge in [0, 0.05) is 10.4 Å². The molecule has 96 valence electrons. The summed E-state index contributed by atoms with van der Waals surface area (Å²) in [6, 6.07) is 4.23. The van der Waals surface area contributed by atoms with Gasteiger partial charge in [0.05, 0.1) is 11.0 Å². The van der Waals surface area contributed by atoms with Crippen molar-refractivity contribution in [3.8, 4) is 0 Å². The van der Waals surface area contributed by atoms with E-state index in [1.54, 1.807) is 0 Å². The number of hydrogen-bond acceptors (Lipinski definition) is 1. The molecule has 0 bridgehead atoms. The molecule has 3 rings (SSSR count). The highest BCUT2D eigenvalue weighted by Crippen LogP contribution is 2.73. The van der Waals surface area contributed by atoms with E-state index in [2.05, 4.69) is 67.7 Å². The van der Waals surface area contributed by atoms with Gasteiger partial charge < -0.3 is 4.98 Å². The molecule has 1 aromatic heterocycles. The van der Waals surface area contributed by atoms with Crippen molar-refractivity contribution < 1.29 is 0 Å². The third-order valence-electron chi connectivity index (χ3n) is 5.05. The molecular formula is C15H19BrN2. The lowest BCUT2D eigenvalue weighted by molar-refractivity contribution is 0.457. The quantitative estimate of drug-likeness (QED) is 0.806. The van der Waals surface area contributed by atoms with Crippen LogP contribution in [-0.2, 0) is 0 Å². The fraction of sp³-hybridized carbons (Fsp3) is 0.533. The summed E-state index contributed by atoms with van der Waals surface area (Å²) in [6.07, 6.45) is 0. The molecule has 0 atom stereocenters. The Balaban J connectivity index is 2.14. The van der Waals surface area contributed by atoms with Crippen LogP contribution in [0.1, 0.15) is 45.0 Å². The number of hydrogen-bond donors (Lipinski definition) is 1. The van der Waals surface area contributed by atoms with Crippen LogP contribution >= 0.6 is 15.9 Å². The third-order valence-corrected chi connectivity index (χ3v) is 5.51. The molecule has 0 amide bonds. The maximum Gasteiger partial charge on any atom is 0.111 e. The van der Waals surface area contributed by atoms with Gasteiger partial charge in [-0.1, -0.05) is 43.6 Å². The van der Waals surface area contributed by atoms with Crippen LogP contribution in [0.5, 0.6) is 0 Å². The topological polar surface area (TPSA) is 28.7 Å². The zero-order chi connectivity index (χ0) is 13.3. The van der Waals surface area contributed by atoms with Crippen LogP contribution in [0, 0.1) is 17.8 Å². The SMILES string of the molecule is Cc1cc(Br)cc2[nH]c(C3C(C)(C)C3(C)C)nc12. The number of H-pyrrole nitrogens is 1. The summed E-state index contributed by atoms with van der Waals surface area (Å²) >= 11 is 3.54. The van der Waals surface area contributed by atoms with Crippen LogP contribution < -0.4 is 0 Å². The van der Waals surface area contributed by atoms with Gasteiger partial charge in [0.15, 0.2) is 0 Å². The molecule has 3 heteroatoms. The van der Waals surface area contributed by atoms with E-state index >= 15 is 0 Å². The molecule has 0 radical (unpaired) electrons. The molecule has 1 N–H and O–H groups in total. The first-order valence-corrected chi connectivity index (χ1v) is 7.20. The highest BCUT2D eigenvalue weighted by atomic mass is 79.9. The molecule has 0 spiro atoms. The number of nitrogens with zero attached hydrogens (tertiary/aromatic N) is 1. The Morgan fingerprint density at radius 1 is 1.17 bits per heavy atom. The maximum absolute atomic E-state index is 4.83. The predicted octanol–water partition coefficient (Wildman–Crippen LogP) is 4.78. The van der Waals surface area contributed by atoms with E-state index in [1.807, 2.05) is 0 Å². The minimum absolute atomic E-state index is 0.325. The minimum Gasteiger partial charge on any atom is -0.342 e. The number of aryl methyl sites for hydroxylation is 1. The number of benzene rings is 1. The Kier molecular flexibility index (Phi) is 2.30. The highest BCUT2D eigenvalue weighted by molar-refractivity contribution is 9.10. The molecule has 1 aliphatic rings. The van der Waals surface area contributed by atoms with Gasteiger partial charge in [-0.15, -0.1) is 0 Å². The predicted molar refractivity (Wildman–Crippen MR) is 78.8 cm³/mol. The van der Waals surface area contributed by atoms with Crippen LogP contribution in [-0.4, -0.2) is 9.97 Å². The van der Waals surface area contributed by atoms with Crippen LogP contribution in [0.4, 0.5) is 0 Å². The molecule has 0 aliphatic heterocycles. The van der Waals surface area contributed by atoms with E-state index in [0.717, 1.165) is 21.3 Å². The lowest BCUT2D eigenvalue weighted by Crippen LogP contribution is -1.95. The van der Waals surface area contributed by atoms with Crippen LogP contribution in [0.2, 0.25) is 0 Å². The number of fused-ring (bicyclic) bond motifs is 1. The summed E-state index contributed by atoms with van der Waals surface area (Å²) < 4.78 is 1.11. The van der Waals surface area contributed by atoms with Gasteiger partial charge >= 0.3 is 0 Å². The lowest BCUT2D eigenvalue weighted by Gasteiger charge is -2.03. The van der Waals surface area contributed by atoms with E-state index in [0.29, 0.717) is 16.7 Å². The van der Waals surface area contributed by atoms with E-state index in [9.17, 15) is 0 Å². The van der Waals surface area contributed by atoms with Crippen molar-refractivity contribution in [2.75, 3.05) is 0 Å². The van der Waals surface area contributed by atoms with E-state index < -0.39 is 0 Å². The van der Waals surface area contributed by atoms with Crippen molar-refractivity contribution in [1.29, 1.82) is 0 Å². The Morgan fingerprint density at radius 2 is 1.78 bits per heavy atom. The van der Waals surface area contributed by atoms with Crippen molar-refractivity contribution in [3.63, 3.8) is 0 Å². The molecule has 2 aromatic rings. The Bertz CT molecular complexity index is 623. The van der Waals surface area contributed by atoms with E-state index in [4.69, 9.17) is 4.98 Å². The van der Waals surface area contributed by atoms with Gasteiger partial charge in [0.25, 0.3) is 0 Å². The van der Waals surface area contributed by atoms with Crippen LogP contribution in [0.15, 0.2) is 16.6 Å². The molecule has 1 saturated carbocycles. The summed E-state index contributed by atoms with van der Waals surface area (Å²) in [6.45, 7) is 11.4. The van der Waals surface area contributed by atoms with Gasteiger partial charge in [-0.2, -0.15) is 0 Å². The number of halogens is 1. The molecule has 18 heavy (non-hydrogen) atoms. The van der Waals surface area contributed by atoms with Gasteiger partial charge in [-0.25, -0.2) is 4.98 Å². The first-order valence-electron chi connectivity index (χ1n) is 6.41. The minimum atomic E-state index is 0.325. The first kappa shape index (κ1) is 12.2. The summed E-state index contributed by atoms with van der Waals surface area (Å²) in [4.78, 5) is 8.34. The second-order valence-electron chi connectivity index (χ2n) is 6.62. The van der Waals surface area contributed by atoms with Gasteiger partial charge in [-0.3, -0.25) is 0 Å². The standard InChI is InChI=1S/C15H19BrN2/c1-8-6-9(16)7-10-11(8)18-13(17-10)12-14(2,3)15(12,4)5/h6-7,12H,1-5H3,(H,17,18). The normalized spacial score (nSPS) is 21.4. The molecule has 1 heterocycles. The second-order valence-corrected chi connectivity index (χ2v) is 7.53. The fourth-order valence-corrected chi connectivity index (χ4v) is 3.85. The second kappa shape index (κ2) is 3.38. The van der Waals surface area contributed by atoms with Crippen molar-refractivity contribution in [2.45, 2.75) is 40.5 Å². The summed E-state index contributed by atoms with van der Waals surface area (Å²) in [5.41, 5.74) is 4.11. The number of rotatable bonds is 1. The van der Waals surface area contributed by atoms with E-state index in [-0.39, 0.29) is 0 Å². The number of aromatic nitrogens is 2. The van der Waals surface area contributed by atoms with Crippen molar-refractivity contribution in [2.24, 2.45) is 10.8 Å². The maximum atomic E-state index is 4.83. The molecular weight excluding hydrogens is 288 g/mol. The monoisotopic (exact) mass is 306 g/mol. The van der Waals surface area contributed by atoms with Gasteiger partial charge in [-0.05, 0) is 35.4 Å². The Morgan fingerprint density at radius 3 is 2.33 bits per heavy atom. The smallest absolute Gasteiger partial charge is 0.111 e. The van der Waals surface area contributed by atoms with Crippen molar-refractivity contribution >= 4 is 27.0 Å². The van der Waals surface area contributed by atoms with Crippen molar-refractivity contribution in [3.05, 3.63) is 28.0 Å². The summed E-state index contributed by atoms with van der Waals surface area (Å²) in [5, 5.41) is 0. The number of aromatic amines is 1. The largest absolute Gasteiger partial charge is 0.342 e. The van der Waals surface area contributed by atoms with Crippen molar-refractivity contribution in [1.82, 2.24) is 9.97 Å². The van der Waals surface area contributed by atoms with Gasteiger partial charge in [0.1, 0.15) is 5.82 Å². The molecule has 1 fully saturated rings. The Hall–Kier alpha value is -0.830. The Labute approximate surface area is 116 Å². The average Bonchev–Trinajstić information content (AvgIpc) is 2.57. The zero-order valence-corrected chi connectivity index (χ0v) is 13.1. The molecule has 2 nitrogen and oxygen atoms in total. The summed E-state index contributed by atoms with van der Waals surface area (Å²) in [5.74, 6) is 1.66. The fourth-order valence-electron chi connectivity index (χ4n) is 3.28. The highest BCUT2D eigenvalue weighted by Gasteiger charge is 2.66. The molecule has 0 unspecified atom stereocenters. The lowest BCUT2D eigenvalue weighted by atomic mass is 10.0. The van der Waals surface area contributed by atoms with Gasteiger partial charge in [0.2, 0.25) is 0 Å². The van der Waals surface area contributed by atoms with Crippen LogP contribution in [0.3, 0.4) is 0 Å². The average molecular weight is 307 g/mol. The molecule has 0 saturated heterocycles. The van der Waals surface area contributed by atoms with E-state index in [1.165, 1.54) is 5.56 Å². The molecule has 1 aliphatic carbocycles. The molecule has 1 aromatic carbocycles. The zero-order valence-electron chi connectivity index (χ0n) is 11.6. The number of imidazole rings is 1. The third kappa shape index (κ3) is 1.43. The summed E-state index contributed by atoms with van der Waals surface area (Å²) in [7, 11) is 0.